The van der Waals surface area contributed by atoms with Gasteiger partial charge in [0.25, 0.3) is 0 Å². The molecule has 3 heterocycles. The van der Waals surface area contributed by atoms with Gasteiger partial charge in [-0.3, -0.25) is 10.2 Å². The predicted octanol–water partition coefficient (Wildman–Crippen LogP) is 6.86. The van der Waals surface area contributed by atoms with E-state index in [4.69, 9.17) is 38.8 Å². The third kappa shape index (κ3) is 8.42. The van der Waals surface area contributed by atoms with Crippen LogP contribution in [0.25, 0.3) is 32.7 Å². The number of hydrogen-bond acceptors (Lipinski definition) is 2. The molecule has 3 aromatic carbocycles. The summed E-state index contributed by atoms with van der Waals surface area (Å²) in [6.45, 7) is 0. The quantitative estimate of drug-likeness (QED) is 0.167. The zero-order valence-corrected chi connectivity index (χ0v) is 21.2. The normalized spacial score (nSPS) is 11.0. The Kier molecular flexibility index (Phi) is 9.33. The van der Waals surface area contributed by atoms with Gasteiger partial charge in [-0.2, -0.15) is 15.3 Å². The molecular weight excluding hydrogens is 579 g/mol. The van der Waals surface area contributed by atoms with Gasteiger partial charge in [0.2, 0.25) is 6.20 Å². The van der Waals surface area contributed by atoms with E-state index < -0.39 is 10.8 Å². The maximum absolute atomic E-state index is 5.00. The zero-order chi connectivity index (χ0) is 22.8. The van der Waals surface area contributed by atoms with Crippen LogP contribution in [0.2, 0.25) is 0 Å². The van der Waals surface area contributed by atoms with Gasteiger partial charge in [-0.15, -0.1) is 5.10 Å². The van der Waals surface area contributed by atoms with Crippen molar-refractivity contribution in [2.75, 3.05) is 0 Å². The third-order valence-electron chi connectivity index (χ3n) is 4.09. The summed E-state index contributed by atoms with van der Waals surface area (Å²) in [4.78, 5) is 0. The Morgan fingerprint density at radius 2 is 1.00 bits per heavy atom. The average Bonchev–Trinajstić information content (AvgIpc) is 3.53. The van der Waals surface area contributed by atoms with Crippen molar-refractivity contribution < 1.29 is 15.9 Å². The smallest absolute Gasteiger partial charge is 0.200 e. The Bertz CT molecular complexity index is 1110. The minimum Gasteiger partial charge on any atom is -0.278 e. The van der Waals surface area contributed by atoms with Crippen LogP contribution in [0, 0.1) is 0 Å². The molecule has 3 aromatic heterocycles. The van der Waals surface area contributed by atoms with E-state index in [9.17, 15) is 0 Å². The van der Waals surface area contributed by atoms with Crippen LogP contribution in [0.15, 0.2) is 91.4 Å². The first-order valence-corrected chi connectivity index (χ1v) is 18.1. The van der Waals surface area contributed by atoms with Gasteiger partial charge >= 0.3 is 49.6 Å². The molecule has 0 spiro atoms. The Hall–Kier alpha value is -2.15. The first-order valence-electron chi connectivity index (χ1n) is 9.13. The topological polar surface area (TPSA) is 87.3 Å². The van der Waals surface area contributed by atoms with E-state index >= 15 is 0 Å². The molecule has 0 atom stereocenters. The average molecular weight is 598 g/mol. The first-order chi connectivity index (χ1) is 15.4. The monoisotopic (exact) mass is 597 g/mol. The molecule has 0 radical (unpaired) electrons. The molecule has 4 N–H and O–H groups in total. The van der Waals surface area contributed by atoms with E-state index in [0.717, 1.165) is 27.3 Å². The number of H-pyrrole nitrogens is 4. The largest absolute Gasteiger partial charge is 0.278 e. The number of halogens is 4. The molecule has 6 nitrogen and oxygen atoms in total. The molecular formula is C21H19Cl4N6Ru+. The van der Waals surface area contributed by atoms with Crippen molar-refractivity contribution in [2.45, 2.75) is 0 Å². The number of rotatable bonds is 0. The SMILES string of the molecule is [Cl][Ru]([Cl])([Cl])[Cl].c1ccc2[nH][nH+]cc2c1.c1ccc2[nH]ncc2c1.c1ccc2[nH]ncc2c1. The van der Waals surface area contributed by atoms with Crippen LogP contribution in [-0.2, 0) is 10.8 Å². The van der Waals surface area contributed by atoms with Gasteiger partial charge in [0.05, 0.1) is 28.8 Å². The van der Waals surface area contributed by atoms with Gasteiger partial charge < -0.3 is 0 Å². The van der Waals surface area contributed by atoms with Gasteiger partial charge in [0.1, 0.15) is 5.52 Å². The van der Waals surface area contributed by atoms with E-state index in [2.05, 4.69) is 36.7 Å². The molecule has 0 fully saturated rings. The van der Waals surface area contributed by atoms with Crippen molar-refractivity contribution >= 4 is 71.5 Å². The molecule has 6 rings (SSSR count). The Labute approximate surface area is 203 Å². The molecule has 6 aromatic rings. The Morgan fingerprint density at radius 3 is 1.44 bits per heavy atom. The van der Waals surface area contributed by atoms with Gasteiger partial charge in [-0.25, -0.2) is 0 Å². The van der Waals surface area contributed by atoms with E-state index in [1.807, 2.05) is 85.3 Å². The molecule has 32 heavy (non-hydrogen) atoms. The number of hydrogen-bond donors (Lipinski definition) is 3. The fraction of sp³-hybridized carbons (Fsp3) is 0. The number of nitrogens with zero attached hydrogens (tertiary/aromatic N) is 2. The molecule has 0 bridgehead atoms. The summed E-state index contributed by atoms with van der Waals surface area (Å²) in [5.74, 6) is 0. The van der Waals surface area contributed by atoms with Crippen LogP contribution in [0.4, 0.5) is 0 Å². The van der Waals surface area contributed by atoms with Gasteiger partial charge in [0.15, 0.2) is 0 Å². The van der Waals surface area contributed by atoms with Gasteiger partial charge in [-0.1, -0.05) is 48.5 Å². The van der Waals surface area contributed by atoms with Gasteiger partial charge in [-0.05, 0) is 24.3 Å². The van der Waals surface area contributed by atoms with E-state index in [1.165, 1.54) is 5.39 Å². The summed E-state index contributed by atoms with van der Waals surface area (Å²) in [7, 11) is 17.0. The maximum Gasteiger partial charge on any atom is 0.200 e. The molecule has 168 valence electrons. The van der Waals surface area contributed by atoms with Crippen molar-refractivity contribution in [1.82, 2.24) is 25.5 Å². The maximum atomic E-state index is 5.00. The second-order valence-corrected chi connectivity index (χ2v) is 22.1. The molecule has 0 aliphatic carbocycles. The molecule has 11 heteroatoms. The second kappa shape index (κ2) is 12.2. The summed E-state index contributed by atoms with van der Waals surface area (Å²) in [5, 5.41) is 22.9. The molecule has 0 aliphatic rings. The standard InChI is InChI=1S/3C7H6N2.4ClH.Ru/c3*1-2-4-7-6(3-1)5-8-9-7;;;;;/h3*1-5H,(H,8,9);4*1H;/q;;;;;;;+4/p-3. The van der Waals surface area contributed by atoms with Crippen molar-refractivity contribution in [1.29, 1.82) is 0 Å². The van der Waals surface area contributed by atoms with Crippen molar-refractivity contribution in [3.8, 4) is 0 Å². The summed E-state index contributed by atoms with van der Waals surface area (Å²) in [5.41, 5.74) is 3.34. The minimum atomic E-state index is -2.97. The number of aromatic nitrogens is 6. The van der Waals surface area contributed by atoms with Crippen LogP contribution in [0.3, 0.4) is 0 Å². The molecule has 0 saturated heterocycles. The van der Waals surface area contributed by atoms with E-state index in [-0.39, 0.29) is 0 Å². The van der Waals surface area contributed by atoms with Crippen molar-refractivity contribution in [2.24, 2.45) is 0 Å². The number of fused-ring (bicyclic) bond motifs is 3. The van der Waals surface area contributed by atoms with Crippen LogP contribution in [0.5, 0.6) is 0 Å². The fourth-order valence-electron chi connectivity index (χ4n) is 2.69. The number of nitrogens with one attached hydrogen (secondary N) is 4. The summed E-state index contributed by atoms with van der Waals surface area (Å²) in [6.07, 6.45) is 5.57. The molecule has 0 amide bonds. The van der Waals surface area contributed by atoms with Crippen LogP contribution >= 0.6 is 38.8 Å². The number of aromatic amines is 4. The summed E-state index contributed by atoms with van der Waals surface area (Å²) in [6, 6.07) is 24.1. The Morgan fingerprint density at radius 1 is 0.594 bits per heavy atom. The number of para-hydroxylation sites is 3. The molecule has 0 aliphatic heterocycles. The van der Waals surface area contributed by atoms with Crippen molar-refractivity contribution in [3.05, 3.63) is 91.4 Å². The Balaban J connectivity index is 0.000000123. The molecule has 0 saturated carbocycles. The number of benzene rings is 3. The summed E-state index contributed by atoms with van der Waals surface area (Å²) >= 11 is 0. The van der Waals surface area contributed by atoms with Crippen molar-refractivity contribution in [3.63, 3.8) is 0 Å². The van der Waals surface area contributed by atoms with Gasteiger partial charge in [0, 0.05) is 10.8 Å². The summed E-state index contributed by atoms with van der Waals surface area (Å²) < 4.78 is 0. The van der Waals surface area contributed by atoms with Crippen LogP contribution in [-0.4, -0.2) is 25.5 Å². The van der Waals surface area contributed by atoms with Crippen LogP contribution < -0.4 is 5.10 Å². The second-order valence-electron chi connectivity index (χ2n) is 6.22. The predicted molar refractivity (Wildman–Crippen MR) is 130 cm³/mol. The van der Waals surface area contributed by atoms with E-state index in [0.29, 0.717) is 0 Å². The fourth-order valence-corrected chi connectivity index (χ4v) is 2.69. The van der Waals surface area contributed by atoms with Crippen LogP contribution in [0.1, 0.15) is 0 Å². The molecule has 0 unspecified atom stereocenters. The zero-order valence-electron chi connectivity index (χ0n) is 16.4. The minimum absolute atomic E-state index is 1.09. The third-order valence-corrected chi connectivity index (χ3v) is 4.09. The van der Waals surface area contributed by atoms with E-state index in [1.54, 1.807) is 0 Å². The first kappa shape index (κ1) is 24.5.